The second-order valence-electron chi connectivity index (χ2n) is 4.37. The van der Waals surface area contributed by atoms with Crippen molar-refractivity contribution in [2.45, 2.75) is 33.2 Å². The molecule has 0 saturated carbocycles. The molecular weight excluding hydrogens is 178 g/mol. The molecule has 0 aromatic heterocycles. The van der Waals surface area contributed by atoms with E-state index < -0.39 is 0 Å². The fourth-order valence-electron chi connectivity index (χ4n) is 1.50. The first kappa shape index (κ1) is 13.6. The molecule has 3 heteroatoms. The van der Waals surface area contributed by atoms with Crippen LogP contribution in [0.15, 0.2) is 0 Å². The molecule has 1 atom stereocenters. The quantitative estimate of drug-likeness (QED) is 0.626. The molecule has 84 valence electrons. The SMILES string of the molecule is COCC(=O)CN(C)C(C)CC(C)C. The van der Waals surface area contributed by atoms with Gasteiger partial charge in [-0.3, -0.25) is 9.69 Å². The Kier molecular flexibility index (Phi) is 6.75. The van der Waals surface area contributed by atoms with Gasteiger partial charge in [-0.15, -0.1) is 0 Å². The number of likely N-dealkylation sites (N-methyl/N-ethyl adjacent to an activating group) is 1. The van der Waals surface area contributed by atoms with Crippen LogP contribution in [0.1, 0.15) is 27.2 Å². The first-order chi connectivity index (χ1) is 6.47. The molecule has 1 unspecified atom stereocenters. The van der Waals surface area contributed by atoms with Crippen LogP contribution in [0.4, 0.5) is 0 Å². The average Bonchev–Trinajstić information content (AvgIpc) is 2.02. The molecule has 0 aliphatic carbocycles. The molecule has 0 N–H and O–H groups in total. The van der Waals surface area contributed by atoms with Gasteiger partial charge in [0.2, 0.25) is 0 Å². The van der Waals surface area contributed by atoms with Crippen molar-refractivity contribution in [2.75, 3.05) is 27.3 Å². The van der Waals surface area contributed by atoms with E-state index in [1.165, 1.54) is 0 Å². The number of carbonyl (C=O) groups is 1. The summed E-state index contributed by atoms with van der Waals surface area (Å²) < 4.78 is 4.79. The minimum Gasteiger partial charge on any atom is -0.377 e. The topological polar surface area (TPSA) is 29.5 Å². The summed E-state index contributed by atoms with van der Waals surface area (Å²) in [4.78, 5) is 13.4. The second-order valence-corrected chi connectivity index (χ2v) is 4.37. The number of rotatable bonds is 7. The van der Waals surface area contributed by atoms with Crippen LogP contribution in [0.3, 0.4) is 0 Å². The summed E-state index contributed by atoms with van der Waals surface area (Å²) >= 11 is 0. The van der Waals surface area contributed by atoms with Crippen molar-refractivity contribution in [1.29, 1.82) is 0 Å². The number of methoxy groups -OCH3 is 1. The highest BCUT2D eigenvalue weighted by Crippen LogP contribution is 2.08. The van der Waals surface area contributed by atoms with E-state index in [0.29, 0.717) is 18.5 Å². The highest BCUT2D eigenvalue weighted by Gasteiger charge is 2.13. The predicted octanol–water partition coefficient (Wildman–Crippen LogP) is 1.57. The zero-order valence-corrected chi connectivity index (χ0v) is 10.0. The Morgan fingerprint density at radius 3 is 2.36 bits per heavy atom. The van der Waals surface area contributed by atoms with Gasteiger partial charge in [-0.2, -0.15) is 0 Å². The zero-order valence-electron chi connectivity index (χ0n) is 10.0. The Balaban J connectivity index is 3.82. The first-order valence-electron chi connectivity index (χ1n) is 5.18. The summed E-state index contributed by atoms with van der Waals surface area (Å²) in [5, 5.41) is 0. The van der Waals surface area contributed by atoms with Crippen molar-refractivity contribution in [1.82, 2.24) is 4.90 Å². The van der Waals surface area contributed by atoms with Gasteiger partial charge in [0.05, 0.1) is 6.54 Å². The summed E-state index contributed by atoms with van der Waals surface area (Å²) in [6.07, 6.45) is 1.12. The standard InChI is InChI=1S/C11H23NO2/c1-9(2)6-10(3)12(4)7-11(13)8-14-5/h9-10H,6-8H2,1-5H3. The molecule has 0 saturated heterocycles. The summed E-state index contributed by atoms with van der Waals surface area (Å²) in [5.74, 6) is 0.815. The summed E-state index contributed by atoms with van der Waals surface area (Å²) in [7, 11) is 3.54. The monoisotopic (exact) mass is 201 g/mol. The number of ether oxygens (including phenoxy) is 1. The normalized spacial score (nSPS) is 13.6. The number of hydrogen-bond acceptors (Lipinski definition) is 3. The molecule has 0 aromatic rings. The molecule has 0 heterocycles. The first-order valence-corrected chi connectivity index (χ1v) is 5.18. The van der Waals surface area contributed by atoms with Gasteiger partial charge < -0.3 is 4.74 Å². The van der Waals surface area contributed by atoms with Gasteiger partial charge >= 0.3 is 0 Å². The number of carbonyl (C=O) groups excluding carboxylic acids is 1. The third-order valence-corrected chi connectivity index (χ3v) is 2.30. The molecule has 0 fully saturated rings. The fraction of sp³-hybridized carbons (Fsp3) is 0.909. The molecule has 0 rings (SSSR count). The predicted molar refractivity (Wildman–Crippen MR) is 58.4 cm³/mol. The van der Waals surface area contributed by atoms with Crippen molar-refractivity contribution in [3.63, 3.8) is 0 Å². The van der Waals surface area contributed by atoms with E-state index in [1.54, 1.807) is 7.11 Å². The van der Waals surface area contributed by atoms with E-state index in [4.69, 9.17) is 4.74 Å². The maximum Gasteiger partial charge on any atom is 0.172 e. The second kappa shape index (κ2) is 6.96. The van der Waals surface area contributed by atoms with Crippen LogP contribution in [-0.4, -0.2) is 44.0 Å². The Bertz CT molecular complexity index is 169. The van der Waals surface area contributed by atoms with Crippen LogP contribution in [0.2, 0.25) is 0 Å². The molecule has 14 heavy (non-hydrogen) atoms. The summed E-state index contributed by atoms with van der Waals surface area (Å²) in [6, 6.07) is 0.454. The van der Waals surface area contributed by atoms with Crippen molar-refractivity contribution in [3.8, 4) is 0 Å². The van der Waals surface area contributed by atoms with E-state index >= 15 is 0 Å². The number of hydrogen-bond donors (Lipinski definition) is 0. The van der Waals surface area contributed by atoms with E-state index in [9.17, 15) is 4.79 Å². The van der Waals surface area contributed by atoms with Gasteiger partial charge in [0.1, 0.15) is 6.61 Å². The smallest absolute Gasteiger partial charge is 0.172 e. The van der Waals surface area contributed by atoms with Gasteiger partial charge in [0, 0.05) is 13.2 Å². The molecule has 0 bridgehead atoms. The number of Topliss-reactive ketones (excluding diaryl/α,β-unsaturated/α-hetero) is 1. The van der Waals surface area contributed by atoms with Gasteiger partial charge in [-0.25, -0.2) is 0 Å². The van der Waals surface area contributed by atoms with Crippen LogP contribution in [0.25, 0.3) is 0 Å². The van der Waals surface area contributed by atoms with Gasteiger partial charge in [0.15, 0.2) is 5.78 Å². The minimum absolute atomic E-state index is 0.144. The Hall–Kier alpha value is -0.410. The zero-order chi connectivity index (χ0) is 11.1. The van der Waals surface area contributed by atoms with Crippen molar-refractivity contribution in [3.05, 3.63) is 0 Å². The third kappa shape index (κ3) is 6.11. The van der Waals surface area contributed by atoms with Gasteiger partial charge in [-0.05, 0) is 26.3 Å². The molecule has 0 radical (unpaired) electrons. The van der Waals surface area contributed by atoms with Crippen LogP contribution < -0.4 is 0 Å². The van der Waals surface area contributed by atoms with Gasteiger partial charge in [0.25, 0.3) is 0 Å². The molecular formula is C11H23NO2. The van der Waals surface area contributed by atoms with Crippen molar-refractivity contribution >= 4 is 5.78 Å². The van der Waals surface area contributed by atoms with Gasteiger partial charge in [-0.1, -0.05) is 13.8 Å². The Morgan fingerprint density at radius 2 is 1.93 bits per heavy atom. The van der Waals surface area contributed by atoms with E-state index in [2.05, 4.69) is 25.7 Å². The minimum atomic E-state index is 0.144. The van der Waals surface area contributed by atoms with Crippen LogP contribution >= 0.6 is 0 Å². The molecule has 0 spiro atoms. The molecule has 3 nitrogen and oxygen atoms in total. The number of nitrogens with zero attached hydrogens (tertiary/aromatic N) is 1. The Morgan fingerprint density at radius 1 is 1.36 bits per heavy atom. The molecule has 0 aliphatic heterocycles. The van der Waals surface area contributed by atoms with Crippen molar-refractivity contribution in [2.24, 2.45) is 5.92 Å². The lowest BCUT2D eigenvalue weighted by atomic mass is 10.0. The Labute approximate surface area is 87.4 Å². The fourth-order valence-corrected chi connectivity index (χ4v) is 1.50. The molecule has 0 amide bonds. The van der Waals surface area contributed by atoms with Crippen LogP contribution in [0, 0.1) is 5.92 Å². The lowest BCUT2D eigenvalue weighted by Gasteiger charge is -2.25. The highest BCUT2D eigenvalue weighted by molar-refractivity contribution is 5.81. The third-order valence-electron chi connectivity index (χ3n) is 2.30. The maximum absolute atomic E-state index is 11.3. The highest BCUT2D eigenvalue weighted by atomic mass is 16.5. The lowest BCUT2D eigenvalue weighted by Crippen LogP contribution is -2.35. The summed E-state index contributed by atoms with van der Waals surface area (Å²) in [5.41, 5.74) is 0. The molecule has 0 aromatic carbocycles. The van der Waals surface area contributed by atoms with Crippen molar-refractivity contribution < 1.29 is 9.53 Å². The summed E-state index contributed by atoms with van der Waals surface area (Å²) in [6.45, 7) is 7.25. The maximum atomic E-state index is 11.3. The largest absolute Gasteiger partial charge is 0.377 e. The van der Waals surface area contributed by atoms with E-state index in [-0.39, 0.29) is 12.4 Å². The van der Waals surface area contributed by atoms with Crippen LogP contribution in [0.5, 0.6) is 0 Å². The lowest BCUT2D eigenvalue weighted by molar-refractivity contribution is -0.124. The van der Waals surface area contributed by atoms with E-state index in [0.717, 1.165) is 6.42 Å². The van der Waals surface area contributed by atoms with E-state index in [1.807, 2.05) is 7.05 Å². The average molecular weight is 201 g/mol. The number of ketones is 1. The molecule has 0 aliphatic rings. The van der Waals surface area contributed by atoms with Crippen LogP contribution in [-0.2, 0) is 9.53 Å².